The Balaban J connectivity index is 2.19. The highest BCUT2D eigenvalue weighted by atomic mass is 19.4. The highest BCUT2D eigenvalue weighted by Gasteiger charge is 2.39. The lowest BCUT2D eigenvalue weighted by atomic mass is 10.1. The van der Waals surface area contributed by atoms with Crippen molar-refractivity contribution in [2.75, 3.05) is 22.9 Å². The summed E-state index contributed by atoms with van der Waals surface area (Å²) in [7, 11) is 0. The van der Waals surface area contributed by atoms with E-state index in [1.807, 2.05) is 13.8 Å². The van der Waals surface area contributed by atoms with Crippen LogP contribution in [-0.2, 0) is 6.18 Å². The van der Waals surface area contributed by atoms with Crippen LogP contribution in [0.4, 0.5) is 24.5 Å². The Morgan fingerprint density at radius 2 is 1.46 bits per heavy atom. The summed E-state index contributed by atoms with van der Waals surface area (Å²) in [6, 6.07) is 9.38. The number of hydrogen-bond acceptors (Lipinski definition) is 3. The number of rotatable bonds is 4. The van der Waals surface area contributed by atoms with Crippen molar-refractivity contribution in [3.05, 3.63) is 59.2 Å². The molecule has 0 aromatic heterocycles. The predicted molar refractivity (Wildman–Crippen MR) is 92.6 cm³/mol. The summed E-state index contributed by atoms with van der Waals surface area (Å²) < 4.78 is 39.6. The minimum atomic E-state index is -4.57. The normalized spacial score (nSPS) is 14.0. The first-order chi connectivity index (χ1) is 12.3. The number of anilines is 2. The lowest BCUT2D eigenvalue weighted by Crippen LogP contribution is -2.33. The van der Waals surface area contributed by atoms with Crippen molar-refractivity contribution in [1.82, 2.24) is 0 Å². The first kappa shape index (κ1) is 18.0. The number of carbonyl (C=O) groups excluding carboxylic acids is 2. The molecule has 0 saturated carbocycles. The number of hydrogen-bond donors (Lipinski definition) is 0. The summed E-state index contributed by atoms with van der Waals surface area (Å²) in [4.78, 5) is 28.1. The fraction of sp³-hybridized carbons (Fsp3) is 0.263. The van der Waals surface area contributed by atoms with Crippen molar-refractivity contribution >= 4 is 23.2 Å². The molecule has 3 rings (SSSR count). The van der Waals surface area contributed by atoms with E-state index in [2.05, 4.69) is 0 Å². The highest BCUT2D eigenvalue weighted by Crippen LogP contribution is 2.40. The molecule has 2 aromatic carbocycles. The highest BCUT2D eigenvalue weighted by molar-refractivity contribution is 6.35. The topological polar surface area (TPSA) is 40.6 Å². The van der Waals surface area contributed by atoms with Gasteiger partial charge in [-0.3, -0.25) is 9.59 Å². The number of carbonyl (C=O) groups is 2. The molecule has 0 atom stereocenters. The van der Waals surface area contributed by atoms with E-state index < -0.39 is 23.6 Å². The van der Waals surface area contributed by atoms with Crippen LogP contribution in [0.15, 0.2) is 42.5 Å². The fourth-order valence-electron chi connectivity index (χ4n) is 3.12. The Morgan fingerprint density at radius 1 is 0.923 bits per heavy atom. The second-order valence-electron chi connectivity index (χ2n) is 5.86. The molecule has 0 N–H and O–H groups in total. The molecular formula is C19H17F3N2O2. The molecule has 136 valence electrons. The SMILES string of the molecule is CCN(CC)c1ccc(C(F)(F)F)cc1N1C(=O)c2ccccc2C1=O. The molecule has 7 heteroatoms. The maximum absolute atomic E-state index is 13.2. The Hall–Kier alpha value is -2.83. The number of nitrogens with zero attached hydrogens (tertiary/aromatic N) is 2. The van der Waals surface area contributed by atoms with Crippen LogP contribution >= 0.6 is 0 Å². The van der Waals surface area contributed by atoms with Gasteiger partial charge in [0.2, 0.25) is 0 Å². The summed E-state index contributed by atoms with van der Waals surface area (Å²) in [5, 5.41) is 0. The van der Waals surface area contributed by atoms with Gasteiger partial charge in [0, 0.05) is 13.1 Å². The van der Waals surface area contributed by atoms with Gasteiger partial charge in [-0.05, 0) is 44.2 Å². The lowest BCUT2D eigenvalue weighted by molar-refractivity contribution is -0.137. The third kappa shape index (κ3) is 2.83. The summed E-state index contributed by atoms with van der Waals surface area (Å²) in [6.45, 7) is 4.76. The molecular weight excluding hydrogens is 345 g/mol. The third-order valence-electron chi connectivity index (χ3n) is 4.44. The van der Waals surface area contributed by atoms with Crippen molar-refractivity contribution in [2.45, 2.75) is 20.0 Å². The number of imide groups is 1. The van der Waals surface area contributed by atoms with E-state index in [1.54, 1.807) is 17.0 Å². The van der Waals surface area contributed by atoms with Crippen molar-refractivity contribution < 1.29 is 22.8 Å². The maximum atomic E-state index is 13.2. The third-order valence-corrected chi connectivity index (χ3v) is 4.44. The van der Waals surface area contributed by atoms with Gasteiger partial charge in [-0.25, -0.2) is 4.90 Å². The van der Waals surface area contributed by atoms with Crippen molar-refractivity contribution in [3.63, 3.8) is 0 Å². The quantitative estimate of drug-likeness (QED) is 0.759. The first-order valence-electron chi connectivity index (χ1n) is 8.23. The molecule has 4 nitrogen and oxygen atoms in total. The summed E-state index contributed by atoms with van der Waals surface area (Å²) >= 11 is 0. The van der Waals surface area contributed by atoms with Crippen molar-refractivity contribution in [2.24, 2.45) is 0 Å². The van der Waals surface area contributed by atoms with Crippen LogP contribution in [-0.4, -0.2) is 24.9 Å². The van der Waals surface area contributed by atoms with Crippen molar-refractivity contribution in [3.8, 4) is 0 Å². The zero-order chi connectivity index (χ0) is 19.1. The zero-order valence-corrected chi connectivity index (χ0v) is 14.3. The maximum Gasteiger partial charge on any atom is 0.416 e. The monoisotopic (exact) mass is 362 g/mol. The summed E-state index contributed by atoms with van der Waals surface area (Å²) in [6.07, 6.45) is -4.57. The van der Waals surface area contributed by atoms with Gasteiger partial charge < -0.3 is 4.90 Å². The van der Waals surface area contributed by atoms with Gasteiger partial charge >= 0.3 is 6.18 Å². The van der Waals surface area contributed by atoms with Gasteiger partial charge in [0.15, 0.2) is 0 Å². The molecule has 1 heterocycles. The number of benzene rings is 2. The largest absolute Gasteiger partial charge is 0.416 e. The lowest BCUT2D eigenvalue weighted by Gasteiger charge is -2.28. The van der Waals surface area contributed by atoms with Crippen molar-refractivity contribution in [1.29, 1.82) is 0 Å². The van der Waals surface area contributed by atoms with Crippen LogP contribution in [0, 0.1) is 0 Å². The van der Waals surface area contributed by atoms with Gasteiger partial charge in [-0.2, -0.15) is 13.2 Å². The van der Waals surface area contributed by atoms with Gasteiger partial charge in [-0.1, -0.05) is 12.1 Å². The molecule has 1 aliphatic heterocycles. The van der Waals surface area contributed by atoms with E-state index in [1.165, 1.54) is 18.2 Å². The van der Waals surface area contributed by atoms with E-state index in [0.717, 1.165) is 17.0 Å². The average Bonchev–Trinajstić information content (AvgIpc) is 2.87. The molecule has 0 saturated heterocycles. The Morgan fingerprint density at radius 3 is 1.92 bits per heavy atom. The average molecular weight is 362 g/mol. The Bertz CT molecular complexity index is 838. The molecule has 0 unspecified atom stereocenters. The minimum absolute atomic E-state index is 0.0466. The number of fused-ring (bicyclic) bond motifs is 1. The van der Waals surface area contributed by atoms with Crippen LogP contribution in [0.5, 0.6) is 0 Å². The molecule has 0 fully saturated rings. The predicted octanol–water partition coefficient (Wildman–Crippen LogP) is 4.35. The zero-order valence-electron chi connectivity index (χ0n) is 14.3. The molecule has 2 amide bonds. The van der Waals surface area contributed by atoms with Crippen LogP contribution in [0.2, 0.25) is 0 Å². The van der Waals surface area contributed by atoms with Crippen LogP contribution in [0.1, 0.15) is 40.1 Å². The summed E-state index contributed by atoms with van der Waals surface area (Å²) in [5.74, 6) is -1.23. The molecule has 26 heavy (non-hydrogen) atoms. The van der Waals surface area contributed by atoms with E-state index in [4.69, 9.17) is 0 Å². The Kier molecular flexibility index (Phi) is 4.48. The summed E-state index contributed by atoms with van der Waals surface area (Å²) in [5.41, 5.74) is -0.145. The van der Waals surface area contributed by atoms with E-state index >= 15 is 0 Å². The molecule has 0 radical (unpaired) electrons. The van der Waals surface area contributed by atoms with Gasteiger partial charge in [0.25, 0.3) is 11.8 Å². The van der Waals surface area contributed by atoms with E-state index in [-0.39, 0.29) is 16.8 Å². The number of amides is 2. The Labute approximate surface area is 148 Å². The van der Waals surface area contributed by atoms with Crippen LogP contribution in [0.25, 0.3) is 0 Å². The number of alkyl halides is 3. The number of halogens is 3. The smallest absolute Gasteiger partial charge is 0.370 e. The molecule has 2 aromatic rings. The molecule has 0 bridgehead atoms. The van der Waals surface area contributed by atoms with E-state index in [9.17, 15) is 22.8 Å². The van der Waals surface area contributed by atoms with Gasteiger partial charge in [0.1, 0.15) is 0 Å². The van der Waals surface area contributed by atoms with Gasteiger partial charge in [-0.15, -0.1) is 0 Å². The standard InChI is InChI=1S/C19H17F3N2O2/c1-3-23(4-2)15-10-9-12(19(20,21)22)11-16(15)24-17(25)13-7-5-6-8-14(13)18(24)26/h5-11H,3-4H2,1-2H3. The molecule has 0 spiro atoms. The second kappa shape index (κ2) is 6.48. The van der Waals surface area contributed by atoms with Gasteiger partial charge in [0.05, 0.1) is 28.1 Å². The van der Waals surface area contributed by atoms with Crippen LogP contribution < -0.4 is 9.80 Å². The van der Waals surface area contributed by atoms with E-state index in [0.29, 0.717) is 18.8 Å². The first-order valence-corrected chi connectivity index (χ1v) is 8.23. The second-order valence-corrected chi connectivity index (χ2v) is 5.86. The molecule has 1 aliphatic rings. The molecule has 0 aliphatic carbocycles. The van der Waals surface area contributed by atoms with Crippen LogP contribution in [0.3, 0.4) is 0 Å². The fourth-order valence-corrected chi connectivity index (χ4v) is 3.12. The minimum Gasteiger partial charge on any atom is -0.370 e.